The normalized spacial score (nSPS) is 17.5. The van der Waals surface area contributed by atoms with Gasteiger partial charge in [-0.2, -0.15) is 10.2 Å². The van der Waals surface area contributed by atoms with Crippen LogP contribution in [0.15, 0.2) is 76.6 Å². The number of aromatic amines is 1. The predicted molar refractivity (Wildman–Crippen MR) is 150 cm³/mol. The van der Waals surface area contributed by atoms with Gasteiger partial charge < -0.3 is 19.9 Å². The molecule has 0 saturated heterocycles. The molecular formula is C31H35N5O2. The third-order valence-corrected chi connectivity index (χ3v) is 7.37. The number of aromatic nitrogens is 1. The lowest BCUT2D eigenvalue weighted by atomic mass is 9.98. The van der Waals surface area contributed by atoms with E-state index in [1.807, 2.05) is 54.3 Å². The van der Waals surface area contributed by atoms with Gasteiger partial charge in [-0.3, -0.25) is 4.79 Å². The Kier molecular flexibility index (Phi) is 7.78. The Morgan fingerprint density at radius 1 is 1.21 bits per heavy atom. The van der Waals surface area contributed by atoms with Crippen molar-refractivity contribution in [1.29, 1.82) is 0 Å². The number of benzene rings is 2. The fourth-order valence-corrected chi connectivity index (χ4v) is 5.09. The van der Waals surface area contributed by atoms with Gasteiger partial charge in [0, 0.05) is 49.0 Å². The van der Waals surface area contributed by atoms with Crippen LogP contribution in [0.3, 0.4) is 0 Å². The third kappa shape index (κ3) is 6.08. The van der Waals surface area contributed by atoms with Crippen molar-refractivity contribution in [3.8, 4) is 18.1 Å². The quantitative estimate of drug-likeness (QED) is 0.285. The van der Waals surface area contributed by atoms with Crippen LogP contribution in [0.1, 0.15) is 61.5 Å². The maximum Gasteiger partial charge on any atom is 0.270 e. The van der Waals surface area contributed by atoms with Gasteiger partial charge in [0.25, 0.3) is 5.91 Å². The van der Waals surface area contributed by atoms with Gasteiger partial charge >= 0.3 is 0 Å². The molecule has 2 heterocycles. The maximum atomic E-state index is 13.4. The van der Waals surface area contributed by atoms with Gasteiger partial charge in [0.2, 0.25) is 0 Å². The van der Waals surface area contributed by atoms with Crippen molar-refractivity contribution in [2.24, 2.45) is 10.2 Å². The van der Waals surface area contributed by atoms with Crippen LogP contribution in [0.2, 0.25) is 0 Å². The zero-order chi connectivity index (χ0) is 26.4. The van der Waals surface area contributed by atoms with E-state index in [0.29, 0.717) is 25.3 Å². The topological polar surface area (TPSA) is 82.1 Å². The molecule has 1 amide bonds. The van der Waals surface area contributed by atoms with E-state index in [0.717, 1.165) is 55.3 Å². The second kappa shape index (κ2) is 11.6. The van der Waals surface area contributed by atoms with Crippen molar-refractivity contribution in [3.05, 3.63) is 77.6 Å². The van der Waals surface area contributed by atoms with Gasteiger partial charge in [0.15, 0.2) is 5.66 Å². The lowest BCUT2D eigenvalue weighted by Crippen LogP contribution is -2.41. The first-order valence-corrected chi connectivity index (χ1v) is 13.5. The number of carbonyl (C=O) groups is 1. The second-order valence-electron chi connectivity index (χ2n) is 10.00. The number of allylic oxidation sites excluding steroid dienone is 1. The number of H-pyrrole nitrogens is 1. The van der Waals surface area contributed by atoms with E-state index in [1.54, 1.807) is 0 Å². The van der Waals surface area contributed by atoms with E-state index in [4.69, 9.17) is 11.2 Å². The predicted octanol–water partition coefficient (Wildman–Crippen LogP) is 6.20. The average molecular weight is 510 g/mol. The summed E-state index contributed by atoms with van der Waals surface area (Å²) in [5, 5.41) is 13.0. The Morgan fingerprint density at radius 2 is 2.03 bits per heavy atom. The van der Waals surface area contributed by atoms with Crippen LogP contribution < -0.4 is 10.1 Å². The Labute approximate surface area is 224 Å². The molecule has 0 radical (unpaired) electrons. The largest absolute Gasteiger partial charge is 0.493 e. The van der Waals surface area contributed by atoms with E-state index in [2.05, 4.69) is 44.7 Å². The number of nitrogens with zero attached hydrogens (tertiary/aromatic N) is 3. The fraction of sp³-hybridized carbons (Fsp3) is 0.387. The molecule has 38 heavy (non-hydrogen) atoms. The monoisotopic (exact) mass is 509 g/mol. The first kappa shape index (κ1) is 25.6. The number of hydrogen-bond acceptors (Lipinski definition) is 5. The number of amides is 1. The molecule has 196 valence electrons. The minimum Gasteiger partial charge on any atom is -0.493 e. The van der Waals surface area contributed by atoms with Crippen molar-refractivity contribution >= 4 is 16.8 Å². The molecule has 5 rings (SSSR count). The van der Waals surface area contributed by atoms with Crippen molar-refractivity contribution in [2.45, 2.75) is 63.7 Å². The number of carbonyl (C=O) groups excluding carboxylic acids is 1. The fourth-order valence-electron chi connectivity index (χ4n) is 5.09. The highest BCUT2D eigenvalue weighted by molar-refractivity contribution is 5.98. The molecule has 3 aromatic rings. The number of rotatable bonds is 12. The van der Waals surface area contributed by atoms with E-state index in [1.165, 1.54) is 11.3 Å². The number of nitrogens with one attached hydrogen (secondary N) is 2. The van der Waals surface area contributed by atoms with Crippen LogP contribution in [0.4, 0.5) is 0 Å². The van der Waals surface area contributed by atoms with Crippen molar-refractivity contribution < 1.29 is 9.53 Å². The van der Waals surface area contributed by atoms with Crippen LogP contribution in [-0.2, 0) is 6.54 Å². The molecule has 0 fully saturated rings. The van der Waals surface area contributed by atoms with Gasteiger partial charge in [-0.15, -0.1) is 12.3 Å². The molecule has 1 aromatic heterocycles. The zero-order valence-electron chi connectivity index (χ0n) is 22.0. The first-order chi connectivity index (χ1) is 18.6. The molecule has 2 aliphatic rings. The number of para-hydroxylation sites is 1. The molecule has 1 aliphatic heterocycles. The Balaban J connectivity index is 1.13. The van der Waals surface area contributed by atoms with Crippen LogP contribution in [0.25, 0.3) is 10.9 Å². The highest BCUT2D eigenvalue weighted by atomic mass is 16.5. The van der Waals surface area contributed by atoms with Crippen LogP contribution in [0.5, 0.6) is 5.75 Å². The maximum absolute atomic E-state index is 13.4. The highest BCUT2D eigenvalue weighted by Gasteiger charge is 2.38. The lowest BCUT2D eigenvalue weighted by Gasteiger charge is -2.32. The summed E-state index contributed by atoms with van der Waals surface area (Å²) >= 11 is 0. The number of fused-ring (bicyclic) bond motifs is 1. The van der Waals surface area contributed by atoms with E-state index < -0.39 is 0 Å². The number of terminal acetylenes is 1. The minimum absolute atomic E-state index is 0.0489. The lowest BCUT2D eigenvalue weighted by molar-refractivity contribution is 0.0706. The molecule has 1 atom stereocenters. The number of ether oxygens (including phenoxy) is 1. The van der Waals surface area contributed by atoms with Crippen molar-refractivity contribution in [3.63, 3.8) is 0 Å². The summed E-state index contributed by atoms with van der Waals surface area (Å²) in [4.78, 5) is 18.6. The summed E-state index contributed by atoms with van der Waals surface area (Å²) in [6.07, 6.45) is 12.8. The smallest absolute Gasteiger partial charge is 0.270 e. The molecule has 0 bridgehead atoms. The first-order valence-electron chi connectivity index (χ1n) is 13.5. The summed E-state index contributed by atoms with van der Waals surface area (Å²) in [6, 6.07) is 18.2. The van der Waals surface area contributed by atoms with Gasteiger partial charge in [0.1, 0.15) is 11.4 Å². The Morgan fingerprint density at radius 3 is 2.76 bits per heavy atom. The molecule has 7 heteroatoms. The van der Waals surface area contributed by atoms with Crippen LogP contribution in [-0.4, -0.2) is 40.6 Å². The molecule has 7 nitrogen and oxygen atoms in total. The molecule has 1 aliphatic carbocycles. The van der Waals surface area contributed by atoms with E-state index in [-0.39, 0.29) is 17.6 Å². The van der Waals surface area contributed by atoms with Crippen molar-refractivity contribution in [1.82, 2.24) is 15.2 Å². The summed E-state index contributed by atoms with van der Waals surface area (Å²) in [5.74, 6) is 3.54. The van der Waals surface area contributed by atoms with Crippen molar-refractivity contribution in [2.75, 3.05) is 13.2 Å². The molecule has 2 N–H and O–H groups in total. The Bertz CT molecular complexity index is 1330. The zero-order valence-corrected chi connectivity index (χ0v) is 22.0. The van der Waals surface area contributed by atoms with Crippen LogP contribution >= 0.6 is 0 Å². The van der Waals surface area contributed by atoms with Gasteiger partial charge in [-0.05, 0) is 62.1 Å². The van der Waals surface area contributed by atoms with Gasteiger partial charge in [-0.1, -0.05) is 30.3 Å². The molecule has 0 spiro atoms. The summed E-state index contributed by atoms with van der Waals surface area (Å²) in [7, 11) is 0. The summed E-state index contributed by atoms with van der Waals surface area (Å²) in [6.45, 7) is 4.00. The van der Waals surface area contributed by atoms with Gasteiger partial charge in [-0.25, -0.2) is 0 Å². The molecule has 2 aromatic carbocycles. The SMILES string of the molecule is C#CCCC1(CCOc2ccc(CNC3=C[C@@H](N(CC)C(=O)c4cc5ccccc5[nH]4)CCC3)cc2)N=N1. The van der Waals surface area contributed by atoms with E-state index in [9.17, 15) is 4.79 Å². The third-order valence-electron chi connectivity index (χ3n) is 7.37. The molecule has 0 saturated carbocycles. The molecular weight excluding hydrogens is 474 g/mol. The summed E-state index contributed by atoms with van der Waals surface area (Å²) < 4.78 is 5.90. The average Bonchev–Trinajstić information content (AvgIpc) is 3.58. The highest BCUT2D eigenvalue weighted by Crippen LogP contribution is 2.36. The number of hydrogen-bond donors (Lipinski definition) is 2. The molecule has 0 unspecified atom stereocenters. The second-order valence-corrected chi connectivity index (χ2v) is 10.00. The number of likely N-dealkylation sites (N-methyl/N-ethyl adjacent to an activating group) is 1. The van der Waals surface area contributed by atoms with Crippen LogP contribution in [0, 0.1) is 12.3 Å². The van der Waals surface area contributed by atoms with Gasteiger partial charge in [0.05, 0.1) is 12.6 Å². The Hall–Kier alpha value is -4.05. The van der Waals surface area contributed by atoms with E-state index >= 15 is 0 Å². The summed E-state index contributed by atoms with van der Waals surface area (Å²) in [5.41, 5.74) is 3.70. The minimum atomic E-state index is -0.310. The standard InChI is InChI=1S/C31H35N5O2/c1-3-5-17-31(34-35-31)18-19-38-27-15-13-23(14-16-27)22-32-25-10-8-11-26(21-25)36(4-2)30(37)29-20-24-9-6-7-12-28(24)33-29/h1,6-7,9,12-16,20-21,26,32-33H,4-5,8,10-11,17-19,22H2,2H3/t26-/m0/s1.